The summed E-state index contributed by atoms with van der Waals surface area (Å²) in [6, 6.07) is 4.59. The molecule has 0 saturated carbocycles. The molecule has 0 atom stereocenters. The van der Waals surface area contributed by atoms with E-state index in [2.05, 4.69) is 19.5 Å². The highest BCUT2D eigenvalue weighted by atomic mass is 16.5. The fourth-order valence-corrected chi connectivity index (χ4v) is 1.46. The fourth-order valence-electron chi connectivity index (χ4n) is 1.46. The first kappa shape index (κ1) is 13.5. The molecule has 0 unspecified atom stereocenters. The molecule has 0 aliphatic rings. The molecule has 0 fully saturated rings. The molecular formula is C11H11N3O4. The number of esters is 2. The van der Waals surface area contributed by atoms with Crippen LogP contribution in [0.1, 0.15) is 26.3 Å². The van der Waals surface area contributed by atoms with Crippen LogP contribution in [0.15, 0.2) is 23.3 Å². The number of carbonyl (C=O) groups excluding carboxylic acids is 2. The highest BCUT2D eigenvalue weighted by molar-refractivity contribution is 6.04. The first-order valence-corrected chi connectivity index (χ1v) is 4.95. The van der Waals surface area contributed by atoms with E-state index in [9.17, 15) is 9.59 Å². The third kappa shape index (κ3) is 2.78. The number of hydrogen-bond donors (Lipinski definition) is 0. The van der Waals surface area contributed by atoms with Crippen LogP contribution in [0.3, 0.4) is 0 Å². The maximum Gasteiger partial charge on any atom is 0.339 e. The highest BCUT2D eigenvalue weighted by Gasteiger charge is 2.21. The number of ether oxygens (including phenoxy) is 2. The zero-order chi connectivity index (χ0) is 13.5. The number of carbonyl (C=O) groups is 2. The molecule has 1 aromatic rings. The summed E-state index contributed by atoms with van der Waals surface area (Å²) in [7, 11) is 2.41. The van der Waals surface area contributed by atoms with E-state index in [1.54, 1.807) is 12.1 Å². The minimum atomic E-state index is -0.681. The van der Waals surface area contributed by atoms with Gasteiger partial charge in [0.2, 0.25) is 0 Å². The van der Waals surface area contributed by atoms with Crippen molar-refractivity contribution in [2.75, 3.05) is 14.2 Å². The van der Waals surface area contributed by atoms with Gasteiger partial charge in [0.05, 0.1) is 31.9 Å². The van der Waals surface area contributed by atoms with Crippen LogP contribution in [-0.2, 0) is 16.0 Å². The van der Waals surface area contributed by atoms with Gasteiger partial charge >= 0.3 is 11.9 Å². The lowest BCUT2D eigenvalue weighted by Gasteiger charge is -2.10. The Labute approximate surface area is 103 Å². The number of rotatable bonds is 4. The Bertz CT molecular complexity index is 521. The lowest BCUT2D eigenvalue weighted by Crippen LogP contribution is -2.14. The molecule has 0 spiro atoms. The zero-order valence-corrected chi connectivity index (χ0v) is 9.91. The maximum absolute atomic E-state index is 11.7. The summed E-state index contributed by atoms with van der Waals surface area (Å²) >= 11 is 0. The average molecular weight is 249 g/mol. The van der Waals surface area contributed by atoms with Crippen molar-refractivity contribution in [3.63, 3.8) is 0 Å². The minimum Gasteiger partial charge on any atom is -0.465 e. The largest absolute Gasteiger partial charge is 0.465 e. The summed E-state index contributed by atoms with van der Waals surface area (Å²) in [6.07, 6.45) is 0. The van der Waals surface area contributed by atoms with Gasteiger partial charge < -0.3 is 9.47 Å². The monoisotopic (exact) mass is 249 g/mol. The van der Waals surface area contributed by atoms with Crippen LogP contribution in [0.2, 0.25) is 0 Å². The minimum absolute atomic E-state index is 0.0498. The highest BCUT2D eigenvalue weighted by Crippen LogP contribution is 2.18. The predicted octanol–water partition coefficient (Wildman–Crippen LogP) is 2.07. The molecule has 94 valence electrons. The third-order valence-corrected chi connectivity index (χ3v) is 2.25. The van der Waals surface area contributed by atoms with Gasteiger partial charge in [-0.05, 0) is 17.2 Å². The van der Waals surface area contributed by atoms with Crippen molar-refractivity contribution in [3.8, 4) is 0 Å². The van der Waals surface area contributed by atoms with Gasteiger partial charge in [-0.3, -0.25) is 0 Å². The second kappa shape index (κ2) is 6.27. The summed E-state index contributed by atoms with van der Waals surface area (Å²) in [4.78, 5) is 25.8. The van der Waals surface area contributed by atoms with Crippen molar-refractivity contribution in [1.82, 2.24) is 0 Å². The van der Waals surface area contributed by atoms with E-state index in [0.29, 0.717) is 5.56 Å². The van der Waals surface area contributed by atoms with Crippen LogP contribution in [0, 0.1) is 0 Å². The molecule has 1 rings (SSSR count). The Balaban J connectivity index is 3.38. The molecule has 0 radical (unpaired) electrons. The molecule has 0 heterocycles. The van der Waals surface area contributed by atoms with Gasteiger partial charge in [-0.25, -0.2) is 9.59 Å². The molecule has 0 saturated heterocycles. The van der Waals surface area contributed by atoms with Crippen LogP contribution >= 0.6 is 0 Å². The van der Waals surface area contributed by atoms with E-state index in [0.717, 1.165) is 0 Å². The zero-order valence-electron chi connectivity index (χ0n) is 9.91. The predicted molar refractivity (Wildman–Crippen MR) is 62.0 cm³/mol. The summed E-state index contributed by atoms with van der Waals surface area (Å²) in [6.45, 7) is -0.0498. The van der Waals surface area contributed by atoms with Crippen molar-refractivity contribution in [2.24, 2.45) is 5.11 Å². The van der Waals surface area contributed by atoms with Crippen molar-refractivity contribution >= 4 is 11.9 Å². The average Bonchev–Trinajstić information content (AvgIpc) is 2.42. The number of methoxy groups -OCH3 is 2. The molecule has 7 nitrogen and oxygen atoms in total. The Morgan fingerprint density at radius 1 is 1.28 bits per heavy atom. The number of benzene rings is 1. The van der Waals surface area contributed by atoms with Gasteiger partial charge in [-0.2, -0.15) is 0 Å². The molecule has 1 aromatic carbocycles. The lowest BCUT2D eigenvalue weighted by molar-refractivity contribution is 0.0554. The summed E-state index contributed by atoms with van der Waals surface area (Å²) < 4.78 is 9.19. The maximum atomic E-state index is 11.7. The number of hydrogen-bond acceptors (Lipinski definition) is 5. The standard InChI is InChI=1S/C11H11N3O4/c1-17-10(15)8-5-3-4-7(6-13-14-12)9(8)11(16)18-2/h3-5H,6H2,1-2H3. The van der Waals surface area contributed by atoms with Crippen molar-refractivity contribution in [2.45, 2.75) is 6.54 Å². The van der Waals surface area contributed by atoms with Crippen molar-refractivity contribution in [1.29, 1.82) is 0 Å². The van der Waals surface area contributed by atoms with Crippen LogP contribution in [0.25, 0.3) is 10.4 Å². The van der Waals surface area contributed by atoms with Crippen LogP contribution < -0.4 is 0 Å². The topological polar surface area (TPSA) is 101 Å². The second-order valence-electron chi connectivity index (χ2n) is 3.21. The quantitative estimate of drug-likeness (QED) is 0.352. The second-order valence-corrected chi connectivity index (χ2v) is 3.21. The molecule has 18 heavy (non-hydrogen) atoms. The van der Waals surface area contributed by atoms with Gasteiger partial charge in [-0.1, -0.05) is 17.2 Å². The van der Waals surface area contributed by atoms with E-state index >= 15 is 0 Å². The first-order chi connectivity index (χ1) is 8.65. The SMILES string of the molecule is COC(=O)c1cccc(CN=[N+]=[N-])c1C(=O)OC. The van der Waals surface area contributed by atoms with Gasteiger partial charge in [-0.15, -0.1) is 0 Å². The molecule has 0 aliphatic carbocycles. The number of azide groups is 1. The van der Waals surface area contributed by atoms with Gasteiger partial charge in [0.25, 0.3) is 0 Å². The summed E-state index contributed by atoms with van der Waals surface area (Å²) in [5.74, 6) is -1.34. The lowest BCUT2D eigenvalue weighted by atomic mass is 10.0. The van der Waals surface area contributed by atoms with Crippen molar-refractivity contribution < 1.29 is 19.1 Å². The Morgan fingerprint density at radius 2 is 1.94 bits per heavy atom. The van der Waals surface area contributed by atoms with Gasteiger partial charge in [0, 0.05) is 4.91 Å². The first-order valence-electron chi connectivity index (χ1n) is 4.95. The normalized spacial score (nSPS) is 9.22. The number of nitrogens with zero attached hydrogens (tertiary/aromatic N) is 3. The molecule has 0 aromatic heterocycles. The van der Waals surface area contributed by atoms with E-state index in [-0.39, 0.29) is 17.7 Å². The van der Waals surface area contributed by atoms with E-state index in [4.69, 9.17) is 5.53 Å². The summed E-state index contributed by atoms with van der Waals surface area (Å²) in [5, 5.41) is 3.37. The van der Waals surface area contributed by atoms with E-state index in [1.165, 1.54) is 20.3 Å². The van der Waals surface area contributed by atoms with E-state index < -0.39 is 11.9 Å². The Morgan fingerprint density at radius 3 is 2.50 bits per heavy atom. The van der Waals surface area contributed by atoms with Crippen LogP contribution in [-0.4, -0.2) is 26.2 Å². The van der Waals surface area contributed by atoms with E-state index in [1.807, 2.05) is 0 Å². The smallest absolute Gasteiger partial charge is 0.339 e. The molecule has 0 aliphatic heterocycles. The molecule has 0 bridgehead atoms. The summed E-state index contributed by atoms with van der Waals surface area (Å²) in [5.41, 5.74) is 8.83. The Kier molecular flexibility index (Phi) is 4.71. The van der Waals surface area contributed by atoms with Crippen LogP contribution in [0.5, 0.6) is 0 Å². The van der Waals surface area contributed by atoms with Crippen molar-refractivity contribution in [3.05, 3.63) is 45.3 Å². The fraction of sp³-hybridized carbons (Fsp3) is 0.273. The molecule has 7 heteroatoms. The van der Waals surface area contributed by atoms with Crippen LogP contribution in [0.4, 0.5) is 0 Å². The molecule has 0 N–H and O–H groups in total. The van der Waals surface area contributed by atoms with Gasteiger partial charge in [0.1, 0.15) is 0 Å². The Hall–Kier alpha value is -2.53. The third-order valence-electron chi connectivity index (χ3n) is 2.25. The molecule has 0 amide bonds. The molecular weight excluding hydrogens is 238 g/mol. The van der Waals surface area contributed by atoms with Gasteiger partial charge in [0.15, 0.2) is 0 Å².